The first-order valence-corrected chi connectivity index (χ1v) is 10.3. The molecule has 28 heavy (non-hydrogen) atoms. The highest BCUT2D eigenvalue weighted by Crippen LogP contribution is 2.43. The maximum atomic E-state index is 14.2. The zero-order valence-electron chi connectivity index (χ0n) is 15.6. The number of para-hydroxylation sites is 1. The highest BCUT2D eigenvalue weighted by Gasteiger charge is 2.38. The van der Waals surface area contributed by atoms with E-state index in [4.69, 9.17) is 0 Å². The number of amides is 1. The molecule has 2 heterocycles. The number of carbonyl (C=O) groups is 1. The zero-order valence-corrected chi connectivity index (χ0v) is 16.4. The number of thioether (sulfide) groups is 1. The summed E-state index contributed by atoms with van der Waals surface area (Å²) in [4.78, 5) is 16.4. The van der Waals surface area contributed by atoms with E-state index in [2.05, 4.69) is 25.1 Å². The second kappa shape index (κ2) is 7.69. The Labute approximate surface area is 168 Å². The van der Waals surface area contributed by atoms with Crippen molar-refractivity contribution in [3.8, 4) is 6.07 Å². The SMILES string of the molecule is CCc1ccc([C@H]2CC(=O)N3CN(c4ccccc4F)CSC3=C2C#N)cc1. The highest BCUT2D eigenvalue weighted by molar-refractivity contribution is 8.03. The molecular formula is C22H20FN3OS. The molecule has 0 saturated carbocycles. The molecule has 4 nitrogen and oxygen atoms in total. The third-order valence-corrected chi connectivity index (χ3v) is 6.43. The molecule has 0 unspecified atom stereocenters. The Morgan fingerprint density at radius 1 is 1.21 bits per heavy atom. The Morgan fingerprint density at radius 3 is 2.64 bits per heavy atom. The number of allylic oxidation sites excluding steroid dienone is 1. The number of rotatable bonds is 3. The van der Waals surface area contributed by atoms with E-state index >= 15 is 0 Å². The quantitative estimate of drug-likeness (QED) is 0.764. The van der Waals surface area contributed by atoms with Gasteiger partial charge in [0.1, 0.15) is 5.82 Å². The first kappa shape index (κ1) is 18.6. The van der Waals surface area contributed by atoms with Gasteiger partial charge < -0.3 is 4.90 Å². The summed E-state index contributed by atoms with van der Waals surface area (Å²) in [7, 11) is 0. The minimum atomic E-state index is -0.311. The first-order chi connectivity index (χ1) is 13.6. The molecule has 142 valence electrons. The van der Waals surface area contributed by atoms with Crippen LogP contribution in [0.25, 0.3) is 0 Å². The second-order valence-electron chi connectivity index (χ2n) is 6.91. The van der Waals surface area contributed by atoms with E-state index in [0.29, 0.717) is 22.2 Å². The normalized spacial score (nSPS) is 19.5. The summed E-state index contributed by atoms with van der Waals surface area (Å²) in [6.07, 6.45) is 1.20. The molecule has 1 amide bonds. The smallest absolute Gasteiger partial charge is 0.229 e. The van der Waals surface area contributed by atoms with E-state index in [1.807, 2.05) is 17.0 Å². The van der Waals surface area contributed by atoms with Gasteiger partial charge in [-0.05, 0) is 29.7 Å². The lowest BCUT2D eigenvalue weighted by Crippen LogP contribution is -2.47. The molecule has 0 N–H and O–H groups in total. The Hall–Kier alpha value is -2.78. The van der Waals surface area contributed by atoms with Crippen LogP contribution in [0.5, 0.6) is 0 Å². The van der Waals surface area contributed by atoms with Crippen LogP contribution >= 0.6 is 11.8 Å². The molecule has 2 aromatic rings. The average molecular weight is 393 g/mol. The van der Waals surface area contributed by atoms with Crippen molar-refractivity contribution < 1.29 is 9.18 Å². The lowest BCUT2D eigenvalue weighted by atomic mass is 9.86. The third-order valence-electron chi connectivity index (χ3n) is 5.28. The van der Waals surface area contributed by atoms with Crippen LogP contribution in [0.1, 0.15) is 30.4 Å². The zero-order chi connectivity index (χ0) is 19.7. The average Bonchev–Trinajstić information content (AvgIpc) is 2.74. The van der Waals surface area contributed by atoms with Crippen LogP contribution in [0.3, 0.4) is 0 Å². The maximum absolute atomic E-state index is 14.2. The lowest BCUT2D eigenvalue weighted by molar-refractivity contribution is -0.129. The standard InChI is InChI=1S/C22H20FN3OS/c1-2-15-7-9-16(10-8-15)17-11-21(27)26-13-25(14-28-22(26)18(17)12-24)20-6-4-3-5-19(20)23/h3-10,17H,2,11,13-14H2,1H3/t17-/m1/s1. The molecule has 6 heteroatoms. The predicted octanol–water partition coefficient (Wildman–Crippen LogP) is 4.61. The van der Waals surface area contributed by atoms with Gasteiger partial charge in [-0.25, -0.2) is 4.39 Å². The van der Waals surface area contributed by atoms with E-state index in [-0.39, 0.29) is 30.7 Å². The minimum Gasteiger partial charge on any atom is -0.341 e. The van der Waals surface area contributed by atoms with E-state index in [1.54, 1.807) is 23.1 Å². The number of carbonyl (C=O) groups excluding carboxylic acids is 1. The summed E-state index contributed by atoms with van der Waals surface area (Å²) in [5.74, 6) is -0.0733. The number of nitriles is 1. The Morgan fingerprint density at radius 2 is 1.96 bits per heavy atom. The van der Waals surface area contributed by atoms with Crippen molar-refractivity contribution in [2.24, 2.45) is 0 Å². The van der Waals surface area contributed by atoms with E-state index in [9.17, 15) is 14.4 Å². The van der Waals surface area contributed by atoms with Crippen molar-refractivity contribution >= 4 is 23.4 Å². The van der Waals surface area contributed by atoms with Crippen LogP contribution in [0, 0.1) is 17.1 Å². The molecule has 2 aromatic carbocycles. The van der Waals surface area contributed by atoms with Gasteiger partial charge in [0.25, 0.3) is 0 Å². The number of benzene rings is 2. The molecular weight excluding hydrogens is 373 g/mol. The monoisotopic (exact) mass is 393 g/mol. The van der Waals surface area contributed by atoms with Crippen LogP contribution in [-0.4, -0.2) is 23.4 Å². The Kier molecular flexibility index (Phi) is 5.10. The maximum Gasteiger partial charge on any atom is 0.229 e. The molecule has 0 bridgehead atoms. The molecule has 4 rings (SSSR count). The molecule has 1 fully saturated rings. The fourth-order valence-corrected chi connectivity index (χ4v) is 4.85. The van der Waals surface area contributed by atoms with Crippen LogP contribution in [-0.2, 0) is 11.2 Å². The molecule has 0 spiro atoms. The molecule has 0 radical (unpaired) electrons. The van der Waals surface area contributed by atoms with Gasteiger partial charge >= 0.3 is 0 Å². The van der Waals surface area contributed by atoms with Crippen molar-refractivity contribution in [3.05, 3.63) is 76.1 Å². The van der Waals surface area contributed by atoms with E-state index in [0.717, 1.165) is 12.0 Å². The number of hydrogen-bond acceptors (Lipinski definition) is 4. The molecule has 0 aromatic heterocycles. The number of hydrogen-bond donors (Lipinski definition) is 0. The fraction of sp³-hybridized carbons (Fsp3) is 0.273. The van der Waals surface area contributed by atoms with Crippen molar-refractivity contribution in [3.63, 3.8) is 0 Å². The highest BCUT2D eigenvalue weighted by atomic mass is 32.2. The summed E-state index contributed by atoms with van der Waals surface area (Å²) < 4.78 is 14.2. The van der Waals surface area contributed by atoms with E-state index in [1.165, 1.54) is 23.4 Å². The van der Waals surface area contributed by atoms with Gasteiger partial charge in [-0.15, -0.1) is 0 Å². The Bertz CT molecular complexity index is 980. The first-order valence-electron chi connectivity index (χ1n) is 9.28. The number of halogens is 1. The van der Waals surface area contributed by atoms with Crippen LogP contribution in [0.4, 0.5) is 10.1 Å². The summed E-state index contributed by atoms with van der Waals surface area (Å²) >= 11 is 1.42. The minimum absolute atomic E-state index is 0.0351. The number of fused-ring (bicyclic) bond motifs is 1. The van der Waals surface area contributed by atoms with E-state index < -0.39 is 0 Å². The predicted molar refractivity (Wildman–Crippen MR) is 109 cm³/mol. The molecule has 0 aliphatic carbocycles. The second-order valence-corrected chi connectivity index (χ2v) is 7.84. The Balaban J connectivity index is 1.66. The van der Waals surface area contributed by atoms with Gasteiger partial charge in [-0.2, -0.15) is 5.26 Å². The van der Waals surface area contributed by atoms with Gasteiger partial charge in [0.05, 0.1) is 34.9 Å². The number of nitrogens with zero attached hydrogens (tertiary/aromatic N) is 3. The molecule has 1 saturated heterocycles. The van der Waals surface area contributed by atoms with Gasteiger partial charge in [0.2, 0.25) is 5.91 Å². The topological polar surface area (TPSA) is 47.3 Å². The molecule has 1 atom stereocenters. The largest absolute Gasteiger partial charge is 0.341 e. The van der Waals surface area contributed by atoms with Crippen molar-refractivity contribution in [1.82, 2.24) is 4.90 Å². The van der Waals surface area contributed by atoms with Crippen molar-refractivity contribution in [2.75, 3.05) is 17.4 Å². The fourth-order valence-electron chi connectivity index (χ4n) is 3.69. The lowest BCUT2D eigenvalue weighted by Gasteiger charge is -2.42. The third kappa shape index (κ3) is 3.27. The van der Waals surface area contributed by atoms with Crippen molar-refractivity contribution in [2.45, 2.75) is 25.7 Å². The summed E-state index contributed by atoms with van der Waals surface area (Å²) in [6, 6.07) is 17.0. The number of anilines is 1. The summed E-state index contributed by atoms with van der Waals surface area (Å²) in [5.41, 5.74) is 3.32. The molecule has 2 aliphatic heterocycles. The van der Waals surface area contributed by atoms with Gasteiger partial charge in [-0.3, -0.25) is 9.69 Å². The van der Waals surface area contributed by atoms with Crippen LogP contribution < -0.4 is 4.90 Å². The van der Waals surface area contributed by atoms with Gasteiger partial charge in [0, 0.05) is 12.3 Å². The van der Waals surface area contributed by atoms with Crippen LogP contribution in [0.2, 0.25) is 0 Å². The van der Waals surface area contributed by atoms with Crippen molar-refractivity contribution in [1.29, 1.82) is 5.26 Å². The summed E-state index contributed by atoms with van der Waals surface area (Å²) in [6.45, 7) is 2.36. The van der Waals surface area contributed by atoms with Gasteiger partial charge in [-0.1, -0.05) is 55.1 Å². The summed E-state index contributed by atoms with van der Waals surface area (Å²) in [5, 5.41) is 10.5. The number of aryl methyl sites for hydroxylation is 1. The molecule has 2 aliphatic rings. The van der Waals surface area contributed by atoms with Crippen LogP contribution in [0.15, 0.2) is 59.1 Å². The van der Waals surface area contributed by atoms with Gasteiger partial charge in [0.15, 0.2) is 0 Å².